The van der Waals surface area contributed by atoms with Crippen LogP contribution in [0.5, 0.6) is 0 Å². The lowest BCUT2D eigenvalue weighted by Crippen LogP contribution is -2.50. The van der Waals surface area contributed by atoms with Gasteiger partial charge in [-0.1, -0.05) is 5.16 Å². The van der Waals surface area contributed by atoms with Gasteiger partial charge in [0, 0.05) is 6.04 Å². The van der Waals surface area contributed by atoms with E-state index in [-0.39, 0.29) is 11.9 Å². The predicted molar refractivity (Wildman–Crippen MR) is 76.5 cm³/mol. The summed E-state index contributed by atoms with van der Waals surface area (Å²) >= 11 is 0. The first-order chi connectivity index (χ1) is 10.2. The van der Waals surface area contributed by atoms with Crippen LogP contribution in [0.25, 0.3) is 0 Å². The molecule has 2 aliphatic rings. The molecule has 1 atom stereocenters. The zero-order chi connectivity index (χ0) is 14.7. The first-order valence-electron chi connectivity index (χ1n) is 7.77. The van der Waals surface area contributed by atoms with E-state index in [9.17, 15) is 4.79 Å². The Labute approximate surface area is 124 Å². The molecule has 1 unspecified atom stereocenters. The molecule has 0 bridgehead atoms. The second-order valence-electron chi connectivity index (χ2n) is 5.83. The molecule has 0 spiro atoms. The highest BCUT2D eigenvalue weighted by Crippen LogP contribution is 2.24. The zero-order valence-electron chi connectivity index (χ0n) is 12.5. The standard InChI is InChI=1S/C14H23N5O2/c1-10-17-13(21-18-10)9-16-14(20)12-3-2-8-19(12)11-4-6-15-7-5-11/h11-12,15H,2-9H2,1H3,(H,16,20). The highest BCUT2D eigenvalue weighted by atomic mass is 16.5. The third-order valence-electron chi connectivity index (χ3n) is 4.36. The molecule has 3 rings (SSSR count). The number of aryl methyl sites for hydroxylation is 1. The number of carbonyl (C=O) groups is 1. The summed E-state index contributed by atoms with van der Waals surface area (Å²) in [4.78, 5) is 18.9. The number of hydrogen-bond donors (Lipinski definition) is 2. The lowest BCUT2D eigenvalue weighted by molar-refractivity contribution is -0.126. The molecule has 2 N–H and O–H groups in total. The van der Waals surface area contributed by atoms with Crippen molar-refractivity contribution in [2.45, 2.75) is 51.2 Å². The van der Waals surface area contributed by atoms with E-state index in [1.54, 1.807) is 6.92 Å². The van der Waals surface area contributed by atoms with Gasteiger partial charge in [-0.2, -0.15) is 4.98 Å². The van der Waals surface area contributed by atoms with Crippen LogP contribution in [0.4, 0.5) is 0 Å². The molecule has 21 heavy (non-hydrogen) atoms. The lowest BCUT2D eigenvalue weighted by Gasteiger charge is -2.35. The van der Waals surface area contributed by atoms with Gasteiger partial charge in [-0.3, -0.25) is 9.69 Å². The molecule has 7 nitrogen and oxygen atoms in total. The molecular weight excluding hydrogens is 270 g/mol. The predicted octanol–water partition coefficient (Wildman–Crippen LogP) is 0.211. The van der Waals surface area contributed by atoms with Crippen molar-refractivity contribution < 1.29 is 9.32 Å². The summed E-state index contributed by atoms with van der Waals surface area (Å²) in [5.41, 5.74) is 0. The van der Waals surface area contributed by atoms with Gasteiger partial charge < -0.3 is 15.2 Å². The van der Waals surface area contributed by atoms with Gasteiger partial charge in [0.1, 0.15) is 0 Å². The summed E-state index contributed by atoms with van der Waals surface area (Å²) < 4.78 is 5.02. The van der Waals surface area contributed by atoms with Crippen molar-refractivity contribution >= 4 is 5.91 Å². The third-order valence-corrected chi connectivity index (χ3v) is 4.36. The average Bonchev–Trinajstić information content (AvgIpc) is 3.14. The summed E-state index contributed by atoms with van der Waals surface area (Å²) in [7, 11) is 0. The molecule has 116 valence electrons. The second kappa shape index (κ2) is 6.53. The summed E-state index contributed by atoms with van der Waals surface area (Å²) in [6.07, 6.45) is 4.31. The molecule has 2 aliphatic heterocycles. The maximum Gasteiger partial charge on any atom is 0.246 e. The van der Waals surface area contributed by atoms with E-state index < -0.39 is 0 Å². The summed E-state index contributed by atoms with van der Waals surface area (Å²) in [6, 6.07) is 0.535. The van der Waals surface area contributed by atoms with E-state index >= 15 is 0 Å². The van der Waals surface area contributed by atoms with Crippen LogP contribution in [0.15, 0.2) is 4.52 Å². The Morgan fingerprint density at radius 2 is 2.24 bits per heavy atom. The number of carbonyl (C=O) groups excluding carboxylic acids is 1. The number of nitrogens with zero attached hydrogens (tertiary/aromatic N) is 3. The first-order valence-corrected chi connectivity index (χ1v) is 7.77. The molecule has 1 amide bonds. The summed E-state index contributed by atoms with van der Waals surface area (Å²) in [5.74, 6) is 1.14. The number of nitrogens with one attached hydrogen (secondary N) is 2. The van der Waals surface area contributed by atoms with Crippen LogP contribution in [0.2, 0.25) is 0 Å². The number of likely N-dealkylation sites (tertiary alicyclic amines) is 1. The molecule has 0 aliphatic carbocycles. The van der Waals surface area contributed by atoms with Gasteiger partial charge in [-0.25, -0.2) is 0 Å². The molecule has 0 radical (unpaired) electrons. The number of aromatic nitrogens is 2. The number of rotatable bonds is 4. The van der Waals surface area contributed by atoms with E-state index in [0.717, 1.165) is 45.3 Å². The van der Waals surface area contributed by atoms with Gasteiger partial charge in [0.2, 0.25) is 11.8 Å². The topological polar surface area (TPSA) is 83.3 Å². The van der Waals surface area contributed by atoms with Crippen LogP contribution in [0, 0.1) is 6.92 Å². The molecule has 1 aromatic heterocycles. The Balaban J connectivity index is 1.55. The largest absolute Gasteiger partial charge is 0.346 e. The van der Waals surface area contributed by atoms with Gasteiger partial charge in [0.25, 0.3) is 0 Å². The quantitative estimate of drug-likeness (QED) is 0.826. The molecule has 3 heterocycles. The highest BCUT2D eigenvalue weighted by Gasteiger charge is 2.35. The van der Waals surface area contributed by atoms with Gasteiger partial charge in [0.15, 0.2) is 5.82 Å². The molecule has 1 aromatic rings. The van der Waals surface area contributed by atoms with E-state index in [2.05, 4.69) is 25.7 Å². The van der Waals surface area contributed by atoms with Crippen molar-refractivity contribution in [1.82, 2.24) is 25.7 Å². The van der Waals surface area contributed by atoms with Crippen LogP contribution >= 0.6 is 0 Å². The van der Waals surface area contributed by atoms with E-state index in [1.165, 1.54) is 0 Å². The van der Waals surface area contributed by atoms with Crippen molar-refractivity contribution in [2.75, 3.05) is 19.6 Å². The zero-order valence-corrected chi connectivity index (χ0v) is 12.5. The van der Waals surface area contributed by atoms with Gasteiger partial charge >= 0.3 is 0 Å². The lowest BCUT2D eigenvalue weighted by atomic mass is 10.0. The average molecular weight is 293 g/mol. The van der Waals surface area contributed by atoms with Gasteiger partial charge in [-0.15, -0.1) is 0 Å². The Morgan fingerprint density at radius 1 is 1.43 bits per heavy atom. The highest BCUT2D eigenvalue weighted by molar-refractivity contribution is 5.82. The van der Waals surface area contributed by atoms with Crippen molar-refractivity contribution in [3.8, 4) is 0 Å². The van der Waals surface area contributed by atoms with Crippen LogP contribution in [0.1, 0.15) is 37.4 Å². The van der Waals surface area contributed by atoms with Crippen molar-refractivity contribution in [3.63, 3.8) is 0 Å². The monoisotopic (exact) mass is 293 g/mol. The Morgan fingerprint density at radius 3 is 2.95 bits per heavy atom. The fraction of sp³-hybridized carbons (Fsp3) is 0.786. The van der Waals surface area contributed by atoms with E-state index in [0.29, 0.717) is 24.3 Å². The Kier molecular flexibility index (Phi) is 4.50. The number of hydrogen-bond acceptors (Lipinski definition) is 6. The second-order valence-corrected chi connectivity index (χ2v) is 5.83. The smallest absolute Gasteiger partial charge is 0.246 e. The van der Waals surface area contributed by atoms with Crippen molar-refractivity contribution in [1.29, 1.82) is 0 Å². The minimum absolute atomic E-state index is 0.00267. The first kappa shape index (κ1) is 14.5. The molecule has 7 heteroatoms. The van der Waals surface area contributed by atoms with Crippen LogP contribution in [0.3, 0.4) is 0 Å². The number of amides is 1. The van der Waals surface area contributed by atoms with Crippen molar-refractivity contribution in [3.05, 3.63) is 11.7 Å². The fourth-order valence-electron chi connectivity index (χ4n) is 3.34. The van der Waals surface area contributed by atoms with Crippen LogP contribution in [-0.4, -0.2) is 52.7 Å². The number of piperidine rings is 1. The minimum atomic E-state index is -0.00267. The summed E-state index contributed by atoms with van der Waals surface area (Å²) in [5, 5.41) is 10.0. The molecule has 0 saturated carbocycles. The Bertz CT molecular complexity index is 483. The Hall–Kier alpha value is -1.47. The van der Waals surface area contributed by atoms with E-state index in [4.69, 9.17) is 4.52 Å². The molecule has 0 aromatic carbocycles. The SMILES string of the molecule is Cc1noc(CNC(=O)C2CCCN2C2CCNCC2)n1. The van der Waals surface area contributed by atoms with Crippen molar-refractivity contribution in [2.24, 2.45) is 0 Å². The normalized spacial score (nSPS) is 24.3. The van der Waals surface area contributed by atoms with Crippen LogP contribution < -0.4 is 10.6 Å². The summed E-state index contributed by atoms with van der Waals surface area (Å²) in [6.45, 7) is 5.22. The third kappa shape index (κ3) is 3.41. The maximum atomic E-state index is 12.4. The maximum absolute atomic E-state index is 12.4. The van der Waals surface area contributed by atoms with Crippen LogP contribution in [-0.2, 0) is 11.3 Å². The molecule has 2 fully saturated rings. The molecule has 2 saturated heterocycles. The van der Waals surface area contributed by atoms with E-state index in [1.807, 2.05) is 0 Å². The molecular formula is C14H23N5O2. The minimum Gasteiger partial charge on any atom is -0.346 e. The van der Waals surface area contributed by atoms with Gasteiger partial charge in [-0.05, 0) is 52.2 Å². The fourth-order valence-corrected chi connectivity index (χ4v) is 3.34. The van der Waals surface area contributed by atoms with Gasteiger partial charge in [0.05, 0.1) is 12.6 Å².